The van der Waals surface area contributed by atoms with Gasteiger partial charge in [-0.15, -0.1) is 0 Å². The first-order chi connectivity index (χ1) is 15.8. The third kappa shape index (κ3) is 4.00. The first-order valence-electron chi connectivity index (χ1n) is 10.3. The normalized spacial score (nSPS) is 12.8. The van der Waals surface area contributed by atoms with Crippen LogP contribution in [0.3, 0.4) is 0 Å². The Bertz CT molecular complexity index is 1210. The largest absolute Gasteiger partial charge is 0.448 e. The molecule has 1 aliphatic rings. The van der Waals surface area contributed by atoms with E-state index in [9.17, 15) is 4.79 Å². The molecule has 0 atom stereocenters. The van der Waals surface area contributed by atoms with Crippen LogP contribution in [0.15, 0.2) is 96.5 Å². The second-order valence-corrected chi connectivity index (χ2v) is 7.42. The minimum Gasteiger partial charge on any atom is -0.448 e. The predicted octanol–water partition coefficient (Wildman–Crippen LogP) is 4.22. The van der Waals surface area contributed by atoms with Gasteiger partial charge < -0.3 is 4.74 Å². The molecule has 5 rings (SSSR count). The smallest absolute Gasteiger partial charge is 0.414 e. The van der Waals surface area contributed by atoms with E-state index in [0.717, 1.165) is 16.7 Å². The Morgan fingerprint density at radius 2 is 1.59 bits per heavy atom. The molecule has 3 aromatic carbocycles. The summed E-state index contributed by atoms with van der Waals surface area (Å²) in [4.78, 5) is 21.1. The van der Waals surface area contributed by atoms with Gasteiger partial charge in [0.1, 0.15) is 19.3 Å². The van der Waals surface area contributed by atoms with E-state index in [1.165, 1.54) is 28.5 Å². The van der Waals surface area contributed by atoms with Crippen molar-refractivity contribution in [2.45, 2.75) is 12.5 Å². The monoisotopic (exact) mass is 423 g/mol. The number of rotatable bonds is 4. The molecule has 1 heterocycles. The molecule has 0 radical (unpaired) electrons. The Morgan fingerprint density at radius 1 is 0.938 bits per heavy atom. The lowest BCUT2D eigenvalue weighted by Gasteiger charge is -2.15. The zero-order valence-corrected chi connectivity index (χ0v) is 17.3. The summed E-state index contributed by atoms with van der Waals surface area (Å²) in [7, 11) is 0. The molecule has 1 aliphatic carbocycles. The summed E-state index contributed by atoms with van der Waals surface area (Å²) < 4.78 is 7.03. The summed E-state index contributed by atoms with van der Waals surface area (Å²) in [6.45, 7) is 0.614. The van der Waals surface area contributed by atoms with Crippen LogP contribution in [0.5, 0.6) is 0 Å². The molecule has 7 heteroatoms. The topological polar surface area (TPSA) is 81.4 Å². The Morgan fingerprint density at radius 3 is 2.25 bits per heavy atom. The highest BCUT2D eigenvalue weighted by molar-refractivity contribution is 5.94. The Hall–Kier alpha value is -4.26. The van der Waals surface area contributed by atoms with E-state index in [4.69, 9.17) is 4.74 Å². The van der Waals surface area contributed by atoms with Crippen LogP contribution in [-0.4, -0.2) is 33.4 Å². The van der Waals surface area contributed by atoms with Gasteiger partial charge in [0.05, 0.1) is 6.54 Å². The number of alkyl carbamates (subject to hydrolysis) is 1. The Labute approximate surface area is 185 Å². The van der Waals surface area contributed by atoms with Crippen molar-refractivity contribution in [2.24, 2.45) is 4.99 Å². The number of fused-ring (bicyclic) bond motifs is 3. The first kappa shape index (κ1) is 19.7. The van der Waals surface area contributed by atoms with E-state index in [0.29, 0.717) is 6.54 Å². The summed E-state index contributed by atoms with van der Waals surface area (Å²) >= 11 is 0. The van der Waals surface area contributed by atoms with Gasteiger partial charge in [-0.1, -0.05) is 78.9 Å². The summed E-state index contributed by atoms with van der Waals surface area (Å²) in [6.07, 6.45) is 2.28. The number of carbonyl (C=O) groups excluding carboxylic acids is 1. The van der Waals surface area contributed by atoms with Crippen LogP contribution < -0.4 is 5.32 Å². The highest BCUT2D eigenvalue weighted by Crippen LogP contribution is 2.44. The number of nitrogens with zero attached hydrogens (tertiary/aromatic N) is 4. The van der Waals surface area contributed by atoms with Gasteiger partial charge in [-0.25, -0.2) is 14.8 Å². The van der Waals surface area contributed by atoms with Crippen LogP contribution in [0.4, 0.5) is 4.79 Å². The molecule has 1 N–H and O–H groups in total. The van der Waals surface area contributed by atoms with Crippen molar-refractivity contribution < 1.29 is 9.53 Å². The van der Waals surface area contributed by atoms with E-state index in [1.54, 1.807) is 0 Å². The van der Waals surface area contributed by atoms with Gasteiger partial charge >= 0.3 is 6.09 Å². The summed E-state index contributed by atoms with van der Waals surface area (Å²) in [5.74, 6) is 0.243. The molecule has 0 spiro atoms. The van der Waals surface area contributed by atoms with Crippen molar-refractivity contribution in [3.63, 3.8) is 0 Å². The number of benzene rings is 3. The van der Waals surface area contributed by atoms with Gasteiger partial charge in [-0.3, -0.25) is 5.32 Å². The van der Waals surface area contributed by atoms with Gasteiger partial charge in [-0.2, -0.15) is 9.78 Å². The fourth-order valence-electron chi connectivity index (χ4n) is 3.96. The molecule has 4 aromatic rings. The molecule has 0 saturated carbocycles. The van der Waals surface area contributed by atoms with Gasteiger partial charge in [0, 0.05) is 5.92 Å². The number of carbonyl (C=O) groups is 1. The Kier molecular flexibility index (Phi) is 5.45. The fraction of sp³-hybridized carbons (Fsp3) is 0.120. The van der Waals surface area contributed by atoms with Crippen molar-refractivity contribution in [1.29, 1.82) is 0 Å². The maximum Gasteiger partial charge on any atom is 0.414 e. The lowest BCUT2D eigenvalue weighted by atomic mass is 9.98. The average Bonchev–Trinajstić information content (AvgIpc) is 3.48. The van der Waals surface area contributed by atoms with Crippen molar-refractivity contribution in [3.8, 4) is 11.1 Å². The molecular formula is C25H21N5O2. The molecule has 7 nitrogen and oxygen atoms in total. The third-order valence-corrected chi connectivity index (χ3v) is 5.45. The minimum atomic E-state index is -0.589. The lowest BCUT2D eigenvalue weighted by molar-refractivity contribution is 0.148. The lowest BCUT2D eigenvalue weighted by Crippen LogP contribution is -2.37. The highest BCUT2D eigenvalue weighted by atomic mass is 16.5. The standard InChI is InChI=1S/C25H21N5O2/c31-25(29-24(30-17-26-16-28-30)27-14-18-8-2-1-3-9-18)32-15-23-21-12-6-4-10-19(21)20-11-5-7-13-22(20)23/h1-13,16-17,23H,14-15H2,(H,27,29,31). The van der Waals surface area contributed by atoms with Crippen LogP contribution in [0.25, 0.3) is 11.1 Å². The minimum absolute atomic E-state index is 0.00997. The second kappa shape index (κ2) is 8.85. The number of hydrogen-bond donors (Lipinski definition) is 1. The van der Waals surface area contributed by atoms with E-state index in [2.05, 4.69) is 44.7 Å². The third-order valence-electron chi connectivity index (χ3n) is 5.45. The van der Waals surface area contributed by atoms with E-state index >= 15 is 0 Å². The summed E-state index contributed by atoms with van der Waals surface area (Å²) in [5.41, 5.74) is 5.71. The number of aliphatic imine (C=N–C) groups is 1. The van der Waals surface area contributed by atoms with Gasteiger partial charge in [0.15, 0.2) is 0 Å². The van der Waals surface area contributed by atoms with E-state index in [1.807, 2.05) is 54.6 Å². The quantitative estimate of drug-likeness (QED) is 0.394. The van der Waals surface area contributed by atoms with Gasteiger partial charge in [0.25, 0.3) is 0 Å². The van der Waals surface area contributed by atoms with Gasteiger partial charge in [0.2, 0.25) is 5.96 Å². The first-order valence-corrected chi connectivity index (χ1v) is 10.3. The van der Waals surface area contributed by atoms with Crippen LogP contribution in [0.1, 0.15) is 22.6 Å². The zero-order chi connectivity index (χ0) is 21.8. The molecular weight excluding hydrogens is 402 g/mol. The molecule has 1 amide bonds. The van der Waals surface area contributed by atoms with E-state index < -0.39 is 6.09 Å². The molecule has 0 aliphatic heterocycles. The number of hydrogen-bond acceptors (Lipinski definition) is 5. The predicted molar refractivity (Wildman–Crippen MR) is 121 cm³/mol. The average molecular weight is 423 g/mol. The van der Waals surface area contributed by atoms with Crippen molar-refractivity contribution in [1.82, 2.24) is 20.1 Å². The maximum atomic E-state index is 12.7. The number of nitrogens with one attached hydrogen (secondary N) is 1. The van der Waals surface area contributed by atoms with Crippen LogP contribution in [-0.2, 0) is 11.3 Å². The van der Waals surface area contributed by atoms with Crippen LogP contribution in [0, 0.1) is 0 Å². The summed E-state index contributed by atoms with van der Waals surface area (Å²) in [5, 5.41) is 6.79. The molecule has 32 heavy (non-hydrogen) atoms. The fourth-order valence-corrected chi connectivity index (χ4v) is 3.96. The van der Waals surface area contributed by atoms with Crippen LogP contribution in [0.2, 0.25) is 0 Å². The molecule has 0 fully saturated rings. The summed E-state index contributed by atoms with van der Waals surface area (Å²) in [6, 6.07) is 26.2. The second-order valence-electron chi connectivity index (χ2n) is 7.42. The van der Waals surface area contributed by atoms with E-state index in [-0.39, 0.29) is 18.5 Å². The highest BCUT2D eigenvalue weighted by Gasteiger charge is 2.29. The van der Waals surface area contributed by atoms with Gasteiger partial charge in [-0.05, 0) is 27.8 Å². The molecule has 0 bridgehead atoms. The van der Waals surface area contributed by atoms with Crippen molar-refractivity contribution >= 4 is 12.1 Å². The molecule has 0 saturated heterocycles. The van der Waals surface area contributed by atoms with Crippen molar-refractivity contribution in [2.75, 3.05) is 6.61 Å². The molecule has 1 aromatic heterocycles. The Balaban J connectivity index is 1.30. The van der Waals surface area contributed by atoms with Crippen LogP contribution >= 0.6 is 0 Å². The number of ether oxygens (including phenoxy) is 1. The maximum absolute atomic E-state index is 12.7. The van der Waals surface area contributed by atoms with Crippen molar-refractivity contribution in [3.05, 3.63) is 108 Å². The molecule has 158 valence electrons. The number of aromatic nitrogens is 3. The molecule has 0 unspecified atom stereocenters. The SMILES string of the molecule is O=C(NC(=NCc1ccccc1)n1cncn1)OCC1c2ccccc2-c2ccccc21. The zero-order valence-electron chi connectivity index (χ0n) is 17.3. The number of amides is 1.